The van der Waals surface area contributed by atoms with Crippen LogP contribution in [0.1, 0.15) is 24.0 Å². The van der Waals surface area contributed by atoms with Crippen molar-refractivity contribution >= 4 is 9.84 Å². The zero-order valence-corrected chi connectivity index (χ0v) is 15.2. The minimum absolute atomic E-state index is 0.120. The van der Waals surface area contributed by atoms with E-state index in [4.69, 9.17) is 4.74 Å². The molecule has 3 atom stereocenters. The average molecular weight is 355 g/mol. The molecule has 0 radical (unpaired) electrons. The smallest absolute Gasteiger partial charge is 0.183 e. The molecular weight excluding hydrogens is 334 g/mol. The first-order valence-electron chi connectivity index (χ1n) is 8.32. The number of hydrogen-bond donors (Lipinski definition) is 0. The van der Waals surface area contributed by atoms with Crippen LogP contribution in [0.15, 0.2) is 59.5 Å². The second kappa shape index (κ2) is 6.62. The van der Waals surface area contributed by atoms with Gasteiger partial charge in [0.05, 0.1) is 22.8 Å². The predicted molar refractivity (Wildman–Crippen MR) is 95.9 cm³/mol. The third-order valence-electron chi connectivity index (χ3n) is 4.85. The van der Waals surface area contributed by atoms with Gasteiger partial charge in [-0.15, -0.1) is 0 Å². The molecule has 0 aromatic heterocycles. The highest BCUT2D eigenvalue weighted by Crippen LogP contribution is 2.63. The quantitative estimate of drug-likeness (QED) is 0.795. The summed E-state index contributed by atoms with van der Waals surface area (Å²) in [4.78, 5) is 0.262. The molecule has 2 aromatic carbocycles. The van der Waals surface area contributed by atoms with Crippen molar-refractivity contribution in [3.8, 4) is 6.07 Å². The molecule has 25 heavy (non-hydrogen) atoms. The maximum Gasteiger partial charge on any atom is 0.183 e. The molecule has 1 saturated carbocycles. The molecule has 0 unspecified atom stereocenters. The lowest BCUT2D eigenvalue weighted by Crippen LogP contribution is -2.19. The Bertz CT molecular complexity index is 885. The van der Waals surface area contributed by atoms with Gasteiger partial charge in [0.25, 0.3) is 0 Å². The van der Waals surface area contributed by atoms with Gasteiger partial charge in [-0.2, -0.15) is 5.26 Å². The maximum absolute atomic E-state index is 13.2. The van der Waals surface area contributed by atoms with Crippen molar-refractivity contribution in [3.63, 3.8) is 0 Å². The fraction of sp³-hybridized carbons (Fsp3) is 0.350. The monoisotopic (exact) mass is 355 g/mol. The zero-order chi connectivity index (χ0) is 18.1. The van der Waals surface area contributed by atoms with Gasteiger partial charge in [-0.3, -0.25) is 0 Å². The van der Waals surface area contributed by atoms with Gasteiger partial charge in [0.1, 0.15) is 5.41 Å². The molecule has 2 aromatic rings. The highest BCUT2D eigenvalue weighted by Gasteiger charge is 2.72. The van der Waals surface area contributed by atoms with E-state index < -0.39 is 20.5 Å². The Hall–Kier alpha value is -2.16. The van der Waals surface area contributed by atoms with Gasteiger partial charge in [0.2, 0.25) is 0 Å². The number of hydrogen-bond acceptors (Lipinski definition) is 4. The fourth-order valence-electron chi connectivity index (χ4n) is 3.48. The number of aryl methyl sites for hydroxylation is 1. The van der Waals surface area contributed by atoms with Crippen LogP contribution in [0.5, 0.6) is 0 Å². The Morgan fingerprint density at radius 1 is 1.12 bits per heavy atom. The Morgan fingerprint density at radius 3 is 2.32 bits per heavy atom. The van der Waals surface area contributed by atoms with E-state index in [1.807, 2.05) is 44.2 Å². The number of sulfone groups is 1. The van der Waals surface area contributed by atoms with E-state index in [0.29, 0.717) is 6.61 Å². The lowest BCUT2D eigenvalue weighted by Gasteiger charge is -2.10. The van der Waals surface area contributed by atoms with Crippen molar-refractivity contribution in [1.29, 1.82) is 5.26 Å². The summed E-state index contributed by atoms with van der Waals surface area (Å²) in [5.74, 6) is -0.378. The lowest BCUT2D eigenvalue weighted by atomic mass is 10.0. The molecule has 5 heteroatoms. The topological polar surface area (TPSA) is 67.2 Å². The fourth-order valence-corrected chi connectivity index (χ4v) is 5.79. The Morgan fingerprint density at radius 2 is 1.76 bits per heavy atom. The molecule has 0 heterocycles. The average Bonchev–Trinajstić information content (AvgIpc) is 3.31. The standard InChI is InChI=1S/C20H21NO3S/c1-3-24-14-20(13-21)18(16-7-5-4-6-8-16)19(20)25(22,23)17-11-9-15(2)10-12-17/h4-12,18-19H,3,14H2,1-2H3/t18-,19-,20+/m0/s1. The van der Waals surface area contributed by atoms with Gasteiger partial charge in [-0.25, -0.2) is 8.42 Å². The molecule has 0 spiro atoms. The maximum atomic E-state index is 13.2. The number of benzene rings is 2. The third-order valence-corrected chi connectivity index (χ3v) is 7.14. The number of nitriles is 1. The molecule has 1 aliphatic rings. The van der Waals surface area contributed by atoms with Crippen molar-refractivity contribution in [2.75, 3.05) is 13.2 Å². The van der Waals surface area contributed by atoms with Crippen LogP contribution in [0.3, 0.4) is 0 Å². The highest BCUT2D eigenvalue weighted by molar-refractivity contribution is 7.92. The summed E-state index contributed by atoms with van der Waals surface area (Å²) >= 11 is 0. The molecular formula is C20H21NO3S. The number of rotatable bonds is 6. The molecule has 0 aliphatic heterocycles. The SMILES string of the molecule is CCOC[C@]1(C#N)[C@@H](c2ccccc2)[C@@H]1S(=O)(=O)c1ccc(C)cc1. The van der Waals surface area contributed by atoms with Crippen LogP contribution in [0.2, 0.25) is 0 Å². The highest BCUT2D eigenvalue weighted by atomic mass is 32.2. The lowest BCUT2D eigenvalue weighted by molar-refractivity contribution is 0.117. The van der Waals surface area contributed by atoms with E-state index >= 15 is 0 Å². The minimum Gasteiger partial charge on any atom is -0.380 e. The zero-order valence-electron chi connectivity index (χ0n) is 14.3. The summed E-state index contributed by atoms with van der Waals surface area (Å²) in [5.41, 5.74) is 0.820. The second-order valence-electron chi connectivity index (χ2n) is 6.46. The molecule has 0 saturated heterocycles. The molecule has 0 N–H and O–H groups in total. The Labute approximate surface area is 149 Å². The molecule has 1 aliphatic carbocycles. The van der Waals surface area contributed by atoms with Crippen LogP contribution in [-0.2, 0) is 14.6 Å². The van der Waals surface area contributed by atoms with Gasteiger partial charge in [0, 0.05) is 12.5 Å². The molecule has 130 valence electrons. The van der Waals surface area contributed by atoms with E-state index in [1.165, 1.54) is 0 Å². The first-order chi connectivity index (χ1) is 12.0. The Kier molecular flexibility index (Phi) is 4.68. The van der Waals surface area contributed by atoms with Crippen molar-refractivity contribution in [3.05, 3.63) is 65.7 Å². The summed E-state index contributed by atoms with van der Waals surface area (Å²) in [7, 11) is -3.63. The number of nitrogens with zero attached hydrogens (tertiary/aromatic N) is 1. The molecule has 0 amide bonds. The summed E-state index contributed by atoms with van der Waals surface area (Å²) in [6.45, 7) is 4.32. The Balaban J connectivity index is 2.05. The van der Waals surface area contributed by atoms with Crippen molar-refractivity contribution in [1.82, 2.24) is 0 Å². The molecule has 0 bridgehead atoms. The van der Waals surface area contributed by atoms with Crippen LogP contribution >= 0.6 is 0 Å². The first kappa shape index (κ1) is 17.7. The summed E-state index contributed by atoms with van der Waals surface area (Å²) in [6, 6.07) is 18.4. The summed E-state index contributed by atoms with van der Waals surface area (Å²) < 4.78 is 31.9. The van der Waals surface area contributed by atoms with Crippen LogP contribution in [0.4, 0.5) is 0 Å². The summed E-state index contributed by atoms with van der Waals surface area (Å²) in [5, 5.41) is 9.06. The van der Waals surface area contributed by atoms with Gasteiger partial charge in [0.15, 0.2) is 9.84 Å². The van der Waals surface area contributed by atoms with E-state index in [-0.39, 0.29) is 17.4 Å². The van der Waals surface area contributed by atoms with Gasteiger partial charge in [-0.05, 0) is 31.5 Å². The largest absolute Gasteiger partial charge is 0.380 e. The predicted octanol–water partition coefficient (Wildman–Crippen LogP) is 3.48. The third kappa shape index (κ3) is 2.97. The van der Waals surface area contributed by atoms with E-state index in [1.54, 1.807) is 24.3 Å². The van der Waals surface area contributed by atoms with Crippen LogP contribution in [0, 0.1) is 23.7 Å². The second-order valence-corrected chi connectivity index (χ2v) is 8.53. The van der Waals surface area contributed by atoms with Crippen LogP contribution in [0.25, 0.3) is 0 Å². The summed E-state index contributed by atoms with van der Waals surface area (Å²) in [6.07, 6.45) is 0. The number of ether oxygens (including phenoxy) is 1. The minimum atomic E-state index is -3.63. The molecule has 3 rings (SSSR count). The van der Waals surface area contributed by atoms with Crippen LogP contribution in [-0.4, -0.2) is 26.9 Å². The molecule has 1 fully saturated rings. The van der Waals surface area contributed by atoms with Gasteiger partial charge < -0.3 is 4.74 Å². The van der Waals surface area contributed by atoms with E-state index in [0.717, 1.165) is 11.1 Å². The normalized spacial score (nSPS) is 25.3. The first-order valence-corrected chi connectivity index (χ1v) is 9.86. The van der Waals surface area contributed by atoms with Crippen LogP contribution < -0.4 is 0 Å². The van der Waals surface area contributed by atoms with Crippen molar-refractivity contribution in [2.24, 2.45) is 5.41 Å². The van der Waals surface area contributed by atoms with E-state index in [9.17, 15) is 13.7 Å². The molecule has 4 nitrogen and oxygen atoms in total. The van der Waals surface area contributed by atoms with Crippen molar-refractivity contribution in [2.45, 2.75) is 29.9 Å². The van der Waals surface area contributed by atoms with Crippen molar-refractivity contribution < 1.29 is 13.2 Å². The van der Waals surface area contributed by atoms with Gasteiger partial charge in [-0.1, -0.05) is 48.0 Å². The van der Waals surface area contributed by atoms with Gasteiger partial charge >= 0.3 is 0 Å². The van der Waals surface area contributed by atoms with E-state index in [2.05, 4.69) is 6.07 Å².